The van der Waals surface area contributed by atoms with Crippen LogP contribution in [0.1, 0.15) is 45.1 Å². The van der Waals surface area contributed by atoms with Crippen LogP contribution in [0.3, 0.4) is 0 Å². The number of hydrogen-bond acceptors (Lipinski definition) is 3. The average molecular weight is 289 g/mol. The lowest BCUT2D eigenvalue weighted by Crippen LogP contribution is -2.49. The fourth-order valence-corrected chi connectivity index (χ4v) is 3.19. The van der Waals surface area contributed by atoms with Gasteiger partial charge in [-0.2, -0.15) is 0 Å². The van der Waals surface area contributed by atoms with E-state index in [2.05, 4.69) is 17.1 Å². The number of nitrogens with two attached hydrogens (primary N) is 1. The summed E-state index contributed by atoms with van der Waals surface area (Å²) in [4.78, 5) is 14.9. The zero-order valence-corrected chi connectivity index (χ0v) is 13.4. The van der Waals surface area contributed by atoms with Crippen molar-refractivity contribution in [2.75, 3.05) is 17.6 Å². The number of hydrogen-bond donors (Lipinski definition) is 2. The molecular formula is C17H27N3O. The van der Waals surface area contributed by atoms with Crippen molar-refractivity contribution in [1.82, 2.24) is 4.90 Å². The second kappa shape index (κ2) is 6.94. The van der Waals surface area contributed by atoms with Crippen molar-refractivity contribution in [1.29, 1.82) is 0 Å². The Morgan fingerprint density at radius 2 is 2.24 bits per heavy atom. The van der Waals surface area contributed by atoms with Crippen molar-refractivity contribution in [3.63, 3.8) is 0 Å². The van der Waals surface area contributed by atoms with Crippen LogP contribution < -0.4 is 11.1 Å². The highest BCUT2D eigenvalue weighted by atomic mass is 16.2. The lowest BCUT2D eigenvalue weighted by atomic mass is 9.98. The van der Waals surface area contributed by atoms with Gasteiger partial charge < -0.3 is 11.1 Å². The zero-order valence-electron chi connectivity index (χ0n) is 13.4. The van der Waals surface area contributed by atoms with E-state index >= 15 is 0 Å². The predicted molar refractivity (Wildman–Crippen MR) is 88.3 cm³/mol. The van der Waals surface area contributed by atoms with Gasteiger partial charge in [-0.1, -0.05) is 13.3 Å². The van der Waals surface area contributed by atoms with Crippen molar-refractivity contribution in [2.45, 2.75) is 58.5 Å². The predicted octanol–water partition coefficient (Wildman–Crippen LogP) is 3.17. The Morgan fingerprint density at radius 1 is 1.48 bits per heavy atom. The lowest BCUT2D eigenvalue weighted by molar-refractivity contribution is -0.122. The molecule has 0 aliphatic carbocycles. The van der Waals surface area contributed by atoms with Gasteiger partial charge in [0.15, 0.2) is 0 Å². The van der Waals surface area contributed by atoms with Crippen LogP contribution in [0.4, 0.5) is 11.4 Å². The summed E-state index contributed by atoms with van der Waals surface area (Å²) in [5.41, 5.74) is 8.33. The van der Waals surface area contributed by atoms with Gasteiger partial charge in [0.25, 0.3) is 0 Å². The van der Waals surface area contributed by atoms with E-state index in [0.717, 1.165) is 29.9 Å². The van der Waals surface area contributed by atoms with Gasteiger partial charge in [0.2, 0.25) is 5.91 Å². The van der Waals surface area contributed by atoms with Gasteiger partial charge in [0, 0.05) is 17.4 Å². The molecule has 0 bridgehead atoms. The summed E-state index contributed by atoms with van der Waals surface area (Å²) >= 11 is 0. The van der Waals surface area contributed by atoms with E-state index < -0.39 is 0 Å². The van der Waals surface area contributed by atoms with E-state index in [0.29, 0.717) is 6.04 Å². The highest BCUT2D eigenvalue weighted by Gasteiger charge is 2.29. The monoisotopic (exact) mass is 289 g/mol. The molecule has 1 saturated heterocycles. The van der Waals surface area contributed by atoms with E-state index in [1.807, 2.05) is 32.0 Å². The molecule has 0 spiro atoms. The molecule has 1 amide bonds. The number of nitrogen functional groups attached to an aromatic ring is 1. The summed E-state index contributed by atoms with van der Waals surface area (Å²) in [5.74, 6) is 0.0724. The molecule has 1 aliphatic heterocycles. The summed E-state index contributed by atoms with van der Waals surface area (Å²) in [7, 11) is 0. The minimum Gasteiger partial charge on any atom is -0.399 e. The second-order valence-electron chi connectivity index (χ2n) is 6.04. The van der Waals surface area contributed by atoms with Crippen LogP contribution in [0.25, 0.3) is 0 Å². The smallest absolute Gasteiger partial charge is 0.241 e. The number of likely N-dealkylation sites (tertiary alicyclic amines) is 1. The molecule has 2 unspecified atom stereocenters. The van der Waals surface area contributed by atoms with E-state index in [-0.39, 0.29) is 11.9 Å². The first kappa shape index (κ1) is 15.8. The van der Waals surface area contributed by atoms with Crippen molar-refractivity contribution in [3.8, 4) is 0 Å². The fourth-order valence-electron chi connectivity index (χ4n) is 3.19. The maximum Gasteiger partial charge on any atom is 0.241 e. The van der Waals surface area contributed by atoms with Gasteiger partial charge in [-0.05, 0) is 63.4 Å². The van der Waals surface area contributed by atoms with Gasteiger partial charge in [-0.15, -0.1) is 0 Å². The lowest BCUT2D eigenvalue weighted by Gasteiger charge is -2.38. The fraction of sp³-hybridized carbons (Fsp3) is 0.588. The minimum absolute atomic E-state index is 0.0724. The van der Waals surface area contributed by atoms with E-state index in [1.54, 1.807) is 0 Å². The SMILES string of the molecule is CCC1CCCCN1C(C)C(=O)Nc1ccc(N)cc1C. The molecule has 0 aromatic heterocycles. The minimum atomic E-state index is -0.0906. The molecule has 2 atom stereocenters. The normalized spacial score (nSPS) is 21.0. The molecule has 1 fully saturated rings. The molecule has 2 rings (SSSR count). The topological polar surface area (TPSA) is 58.4 Å². The maximum atomic E-state index is 12.5. The standard InChI is InChI=1S/C17H27N3O/c1-4-15-7-5-6-10-20(15)13(3)17(21)19-16-9-8-14(18)11-12(16)2/h8-9,11,13,15H,4-7,10,18H2,1-3H3,(H,19,21). The number of nitrogens with one attached hydrogen (secondary N) is 1. The Morgan fingerprint density at radius 3 is 2.90 bits per heavy atom. The molecule has 1 aromatic rings. The van der Waals surface area contributed by atoms with Crippen molar-refractivity contribution >= 4 is 17.3 Å². The second-order valence-corrected chi connectivity index (χ2v) is 6.04. The van der Waals surface area contributed by atoms with Gasteiger partial charge in [0.05, 0.1) is 6.04 Å². The third-order valence-corrected chi connectivity index (χ3v) is 4.53. The maximum absolute atomic E-state index is 12.5. The highest BCUT2D eigenvalue weighted by molar-refractivity contribution is 5.95. The number of anilines is 2. The Balaban J connectivity index is 2.04. The number of aryl methyl sites for hydroxylation is 1. The summed E-state index contributed by atoms with van der Waals surface area (Å²) in [5, 5.41) is 3.04. The van der Waals surface area contributed by atoms with Crippen molar-refractivity contribution in [3.05, 3.63) is 23.8 Å². The first-order chi connectivity index (χ1) is 10.0. The van der Waals surface area contributed by atoms with E-state index in [1.165, 1.54) is 19.3 Å². The first-order valence-corrected chi connectivity index (χ1v) is 7.95. The molecule has 4 nitrogen and oxygen atoms in total. The van der Waals surface area contributed by atoms with Crippen LogP contribution in [0.5, 0.6) is 0 Å². The van der Waals surface area contributed by atoms with Crippen LogP contribution >= 0.6 is 0 Å². The van der Waals surface area contributed by atoms with Gasteiger partial charge in [-0.25, -0.2) is 0 Å². The van der Waals surface area contributed by atoms with Crippen molar-refractivity contribution < 1.29 is 4.79 Å². The molecule has 1 aromatic carbocycles. The molecule has 21 heavy (non-hydrogen) atoms. The number of benzene rings is 1. The summed E-state index contributed by atoms with van der Waals surface area (Å²) < 4.78 is 0. The Kier molecular flexibility index (Phi) is 5.23. The van der Waals surface area contributed by atoms with Crippen LogP contribution in [-0.2, 0) is 4.79 Å². The van der Waals surface area contributed by atoms with Crippen molar-refractivity contribution in [2.24, 2.45) is 0 Å². The van der Waals surface area contributed by atoms with Gasteiger partial charge >= 0.3 is 0 Å². The van der Waals surface area contributed by atoms with Crippen LogP contribution in [0.15, 0.2) is 18.2 Å². The Labute approximate surface area is 127 Å². The zero-order chi connectivity index (χ0) is 15.4. The van der Waals surface area contributed by atoms with E-state index in [4.69, 9.17) is 5.73 Å². The summed E-state index contributed by atoms with van der Waals surface area (Å²) in [6.07, 6.45) is 4.78. The first-order valence-electron chi connectivity index (χ1n) is 7.95. The number of piperidine rings is 1. The van der Waals surface area contributed by atoms with Crippen LogP contribution in [-0.4, -0.2) is 29.4 Å². The molecule has 0 saturated carbocycles. The van der Waals surface area contributed by atoms with Gasteiger partial charge in [0.1, 0.15) is 0 Å². The number of amides is 1. The summed E-state index contributed by atoms with van der Waals surface area (Å²) in [6, 6.07) is 6.03. The van der Waals surface area contributed by atoms with Crippen LogP contribution in [0, 0.1) is 6.92 Å². The molecule has 116 valence electrons. The van der Waals surface area contributed by atoms with Crippen LogP contribution in [0.2, 0.25) is 0 Å². The Hall–Kier alpha value is -1.55. The number of carbonyl (C=O) groups excluding carboxylic acids is 1. The molecule has 4 heteroatoms. The number of rotatable bonds is 4. The average Bonchev–Trinajstić information content (AvgIpc) is 2.49. The molecule has 0 radical (unpaired) electrons. The molecular weight excluding hydrogens is 262 g/mol. The number of carbonyl (C=O) groups is 1. The third-order valence-electron chi connectivity index (χ3n) is 4.53. The number of nitrogens with zero attached hydrogens (tertiary/aromatic N) is 1. The highest BCUT2D eigenvalue weighted by Crippen LogP contribution is 2.23. The summed E-state index contributed by atoms with van der Waals surface area (Å²) in [6.45, 7) is 7.20. The quantitative estimate of drug-likeness (QED) is 0.837. The molecule has 3 N–H and O–H groups in total. The third kappa shape index (κ3) is 3.76. The molecule has 1 heterocycles. The largest absolute Gasteiger partial charge is 0.399 e. The Bertz CT molecular complexity index is 501. The van der Waals surface area contributed by atoms with E-state index in [9.17, 15) is 4.79 Å². The molecule has 1 aliphatic rings. The van der Waals surface area contributed by atoms with Gasteiger partial charge in [-0.3, -0.25) is 9.69 Å².